The van der Waals surface area contributed by atoms with Gasteiger partial charge in [-0.05, 0) is 24.6 Å². The van der Waals surface area contributed by atoms with Crippen molar-refractivity contribution < 1.29 is 4.52 Å². The summed E-state index contributed by atoms with van der Waals surface area (Å²) in [5.41, 5.74) is 4.57. The number of rotatable bonds is 2. The van der Waals surface area contributed by atoms with Crippen molar-refractivity contribution in [2.24, 2.45) is 7.05 Å². The van der Waals surface area contributed by atoms with Crippen LogP contribution in [0.5, 0.6) is 0 Å². The molecule has 124 valence electrons. The van der Waals surface area contributed by atoms with Gasteiger partial charge in [0.25, 0.3) is 5.56 Å². The molecule has 0 unspecified atom stereocenters. The number of pyridine rings is 1. The Morgan fingerprint density at radius 2 is 1.64 bits per heavy atom. The van der Waals surface area contributed by atoms with Crippen LogP contribution in [0.15, 0.2) is 63.9 Å². The molecule has 0 radical (unpaired) electrons. The second-order valence-electron chi connectivity index (χ2n) is 6.04. The molecule has 4 rings (SSSR count). The van der Waals surface area contributed by atoms with Gasteiger partial charge in [0.15, 0.2) is 5.58 Å². The predicted octanol–water partition coefficient (Wildman–Crippen LogP) is 4.82. The summed E-state index contributed by atoms with van der Waals surface area (Å²) in [4.78, 5) is 12.9. The SMILES string of the molecule is Cc1ccc(-c2cc3onc(-c4ccc(Cl)cc4)c3c(=O)n2C)cc1. The Labute approximate surface area is 149 Å². The van der Waals surface area contributed by atoms with Crippen molar-refractivity contribution in [1.29, 1.82) is 0 Å². The predicted molar refractivity (Wildman–Crippen MR) is 99.9 cm³/mol. The maximum Gasteiger partial charge on any atom is 0.264 e. The lowest BCUT2D eigenvalue weighted by Crippen LogP contribution is -2.18. The number of halogens is 1. The molecule has 25 heavy (non-hydrogen) atoms. The van der Waals surface area contributed by atoms with Gasteiger partial charge in [-0.3, -0.25) is 4.79 Å². The third-order valence-electron chi connectivity index (χ3n) is 4.33. The zero-order chi connectivity index (χ0) is 17.6. The lowest BCUT2D eigenvalue weighted by molar-refractivity contribution is 0.459. The Hall–Kier alpha value is -2.85. The van der Waals surface area contributed by atoms with Crippen LogP contribution in [0.2, 0.25) is 5.02 Å². The van der Waals surface area contributed by atoms with E-state index in [2.05, 4.69) is 5.16 Å². The van der Waals surface area contributed by atoms with Crippen molar-refractivity contribution >= 4 is 22.6 Å². The third kappa shape index (κ3) is 2.65. The van der Waals surface area contributed by atoms with Gasteiger partial charge >= 0.3 is 0 Å². The van der Waals surface area contributed by atoms with Gasteiger partial charge in [-0.2, -0.15) is 0 Å². The Balaban J connectivity index is 1.94. The minimum absolute atomic E-state index is 0.140. The number of hydrogen-bond donors (Lipinski definition) is 0. The van der Waals surface area contributed by atoms with Crippen molar-refractivity contribution in [3.05, 3.63) is 75.5 Å². The van der Waals surface area contributed by atoms with Gasteiger partial charge in [-0.1, -0.05) is 58.7 Å². The molecule has 2 heterocycles. The van der Waals surface area contributed by atoms with Crippen LogP contribution in [0, 0.1) is 6.92 Å². The van der Waals surface area contributed by atoms with E-state index in [1.165, 1.54) is 5.56 Å². The molecule has 2 aromatic carbocycles. The highest BCUT2D eigenvalue weighted by molar-refractivity contribution is 6.30. The smallest absolute Gasteiger partial charge is 0.264 e. The molecule has 0 N–H and O–H groups in total. The Morgan fingerprint density at radius 1 is 1.00 bits per heavy atom. The molecule has 0 atom stereocenters. The van der Waals surface area contributed by atoms with Crippen molar-refractivity contribution in [2.45, 2.75) is 6.92 Å². The molecule has 5 heteroatoms. The first kappa shape index (κ1) is 15.7. The number of aromatic nitrogens is 2. The molecule has 0 aliphatic rings. The minimum atomic E-state index is -0.140. The molecule has 0 saturated heterocycles. The number of benzene rings is 2. The van der Waals surface area contributed by atoms with E-state index >= 15 is 0 Å². The van der Waals surface area contributed by atoms with Crippen LogP contribution in [0.3, 0.4) is 0 Å². The summed E-state index contributed by atoms with van der Waals surface area (Å²) in [6.07, 6.45) is 0. The summed E-state index contributed by atoms with van der Waals surface area (Å²) < 4.78 is 7.09. The van der Waals surface area contributed by atoms with Crippen LogP contribution >= 0.6 is 11.6 Å². The summed E-state index contributed by atoms with van der Waals surface area (Å²) in [5.74, 6) is 0. The summed E-state index contributed by atoms with van der Waals surface area (Å²) >= 11 is 5.94. The van der Waals surface area contributed by atoms with Crippen LogP contribution in [-0.2, 0) is 7.05 Å². The first-order chi connectivity index (χ1) is 12.0. The van der Waals surface area contributed by atoms with E-state index in [9.17, 15) is 4.79 Å². The third-order valence-corrected chi connectivity index (χ3v) is 4.58. The molecule has 0 aliphatic carbocycles. The maximum atomic E-state index is 12.9. The lowest BCUT2D eigenvalue weighted by Gasteiger charge is -2.08. The van der Waals surface area contributed by atoms with Crippen LogP contribution in [0.1, 0.15) is 5.56 Å². The molecule has 0 amide bonds. The van der Waals surface area contributed by atoms with Crippen molar-refractivity contribution in [3.63, 3.8) is 0 Å². The second kappa shape index (κ2) is 5.90. The molecule has 0 spiro atoms. The monoisotopic (exact) mass is 350 g/mol. The van der Waals surface area contributed by atoms with Gasteiger partial charge in [-0.25, -0.2) is 0 Å². The molecule has 0 saturated carbocycles. The average Bonchev–Trinajstić information content (AvgIpc) is 3.04. The number of fused-ring (bicyclic) bond motifs is 1. The lowest BCUT2D eigenvalue weighted by atomic mass is 10.1. The summed E-state index contributed by atoms with van der Waals surface area (Å²) in [6.45, 7) is 2.03. The fraction of sp³-hybridized carbons (Fsp3) is 0.100. The van der Waals surface area contributed by atoms with Gasteiger partial charge in [0.2, 0.25) is 0 Å². The van der Waals surface area contributed by atoms with E-state index in [-0.39, 0.29) is 5.56 Å². The molecule has 0 fully saturated rings. The van der Waals surface area contributed by atoms with E-state index < -0.39 is 0 Å². The Bertz CT molecular complexity index is 1120. The van der Waals surface area contributed by atoms with E-state index in [1.807, 2.05) is 49.4 Å². The molecule has 0 aliphatic heterocycles. The number of hydrogen-bond acceptors (Lipinski definition) is 3. The van der Waals surface area contributed by atoms with Crippen LogP contribution < -0.4 is 5.56 Å². The second-order valence-corrected chi connectivity index (χ2v) is 6.47. The van der Waals surface area contributed by atoms with Gasteiger partial charge < -0.3 is 9.09 Å². The van der Waals surface area contributed by atoms with E-state index in [0.717, 1.165) is 16.8 Å². The fourth-order valence-corrected chi connectivity index (χ4v) is 3.04. The van der Waals surface area contributed by atoms with Crippen LogP contribution in [0.4, 0.5) is 0 Å². The Kier molecular flexibility index (Phi) is 3.70. The Morgan fingerprint density at radius 3 is 2.32 bits per heavy atom. The first-order valence-corrected chi connectivity index (χ1v) is 8.25. The first-order valence-electron chi connectivity index (χ1n) is 7.87. The van der Waals surface area contributed by atoms with E-state index in [0.29, 0.717) is 21.7 Å². The molecule has 4 nitrogen and oxygen atoms in total. The molecule has 0 bridgehead atoms. The summed E-state index contributed by atoms with van der Waals surface area (Å²) in [6, 6.07) is 17.1. The molecular weight excluding hydrogens is 336 g/mol. The number of aryl methyl sites for hydroxylation is 1. The highest BCUT2D eigenvalue weighted by Crippen LogP contribution is 2.29. The van der Waals surface area contributed by atoms with E-state index in [1.54, 1.807) is 23.7 Å². The molecule has 2 aromatic heterocycles. The highest BCUT2D eigenvalue weighted by Gasteiger charge is 2.18. The van der Waals surface area contributed by atoms with Gasteiger partial charge in [0, 0.05) is 23.7 Å². The normalized spacial score (nSPS) is 11.2. The van der Waals surface area contributed by atoms with Gasteiger partial charge in [0.1, 0.15) is 11.1 Å². The zero-order valence-corrected chi connectivity index (χ0v) is 14.5. The zero-order valence-electron chi connectivity index (χ0n) is 13.8. The van der Waals surface area contributed by atoms with Gasteiger partial charge in [0.05, 0.1) is 5.69 Å². The van der Waals surface area contributed by atoms with Crippen LogP contribution in [0.25, 0.3) is 33.5 Å². The quantitative estimate of drug-likeness (QED) is 0.520. The van der Waals surface area contributed by atoms with Crippen molar-refractivity contribution in [2.75, 3.05) is 0 Å². The average molecular weight is 351 g/mol. The van der Waals surface area contributed by atoms with E-state index in [4.69, 9.17) is 16.1 Å². The van der Waals surface area contributed by atoms with Crippen molar-refractivity contribution in [3.8, 4) is 22.5 Å². The van der Waals surface area contributed by atoms with Gasteiger partial charge in [-0.15, -0.1) is 0 Å². The molecular formula is C20H15ClN2O2. The fourth-order valence-electron chi connectivity index (χ4n) is 2.91. The highest BCUT2D eigenvalue weighted by atomic mass is 35.5. The minimum Gasteiger partial charge on any atom is -0.355 e. The topological polar surface area (TPSA) is 48.0 Å². The summed E-state index contributed by atoms with van der Waals surface area (Å²) in [5, 5.41) is 5.22. The standard InChI is InChI=1S/C20H15ClN2O2/c1-12-3-5-13(6-4-12)16-11-17-18(20(24)23(16)2)19(22-25-17)14-7-9-15(21)10-8-14/h3-11H,1-2H3. The maximum absolute atomic E-state index is 12.9. The summed E-state index contributed by atoms with van der Waals surface area (Å²) in [7, 11) is 1.76. The number of nitrogens with zero attached hydrogens (tertiary/aromatic N) is 2. The van der Waals surface area contributed by atoms with Crippen LogP contribution in [-0.4, -0.2) is 9.72 Å². The molecule has 4 aromatic rings. The largest absolute Gasteiger partial charge is 0.355 e. The van der Waals surface area contributed by atoms with Crippen molar-refractivity contribution in [1.82, 2.24) is 9.72 Å².